The molecule has 0 amide bonds. The number of carbonyl (C=O) groups is 3. The van der Waals surface area contributed by atoms with Gasteiger partial charge in [-0.3, -0.25) is 14.4 Å². The predicted octanol–water partition coefficient (Wildman–Crippen LogP) is 19.4. The van der Waals surface area contributed by atoms with Crippen molar-refractivity contribution in [3.05, 3.63) is 0 Å². The van der Waals surface area contributed by atoms with Gasteiger partial charge in [-0.05, 0) is 25.2 Å². The summed E-state index contributed by atoms with van der Waals surface area (Å²) < 4.78 is 16.9. The molecule has 0 aromatic rings. The number of carbonyl (C=O) groups excluding carboxylic acids is 3. The van der Waals surface area contributed by atoms with Gasteiger partial charge in [0.25, 0.3) is 0 Å². The van der Waals surface area contributed by atoms with E-state index in [2.05, 4.69) is 27.7 Å². The number of rotatable bonds is 54. The van der Waals surface area contributed by atoms with E-state index in [9.17, 15) is 14.4 Å². The van der Waals surface area contributed by atoms with E-state index in [0.29, 0.717) is 19.3 Å². The number of esters is 3. The molecule has 0 bridgehead atoms. The van der Waals surface area contributed by atoms with Crippen LogP contribution < -0.4 is 0 Å². The molecule has 0 aliphatic heterocycles. The second kappa shape index (κ2) is 53.4. The zero-order chi connectivity index (χ0) is 47.4. The zero-order valence-corrected chi connectivity index (χ0v) is 44.5. The second-order valence-corrected chi connectivity index (χ2v) is 20.5. The standard InChI is InChI=1S/C59H114O6/c1-5-8-10-12-14-16-18-20-21-22-27-31-35-39-43-47-51-58(61)64-54-56(53-63-57(60)50-46-42-38-34-30-25-19-17-15-13-11-9-6-2)65-59(62)52-48-44-40-36-32-28-24-23-26-29-33-37-41-45-49-55(4)7-3/h55-56H,5-54H2,1-4H3/t55?,56-/m0/s1. The Morgan fingerprint density at radius 2 is 0.538 bits per heavy atom. The van der Waals surface area contributed by atoms with Crippen LogP contribution in [0, 0.1) is 5.92 Å². The lowest BCUT2D eigenvalue weighted by Gasteiger charge is -2.18. The molecule has 6 nitrogen and oxygen atoms in total. The molecule has 0 radical (unpaired) electrons. The summed E-state index contributed by atoms with van der Waals surface area (Å²) in [6, 6.07) is 0. The summed E-state index contributed by atoms with van der Waals surface area (Å²) in [5.41, 5.74) is 0. The average molecular weight is 920 g/mol. The van der Waals surface area contributed by atoms with Crippen molar-refractivity contribution in [3.63, 3.8) is 0 Å². The van der Waals surface area contributed by atoms with Crippen LogP contribution in [0.4, 0.5) is 0 Å². The van der Waals surface area contributed by atoms with E-state index in [1.54, 1.807) is 0 Å². The van der Waals surface area contributed by atoms with Crippen molar-refractivity contribution in [2.75, 3.05) is 13.2 Å². The van der Waals surface area contributed by atoms with Gasteiger partial charge in [-0.2, -0.15) is 0 Å². The summed E-state index contributed by atoms with van der Waals surface area (Å²) in [7, 11) is 0. The first kappa shape index (κ1) is 63.4. The Labute approximate surface area is 406 Å². The molecule has 0 spiro atoms. The molecule has 0 fully saturated rings. The fourth-order valence-corrected chi connectivity index (χ4v) is 9.07. The first-order valence-corrected chi connectivity index (χ1v) is 29.4. The van der Waals surface area contributed by atoms with Crippen molar-refractivity contribution in [1.29, 1.82) is 0 Å². The maximum atomic E-state index is 12.9. The number of ether oxygens (including phenoxy) is 3. The Hall–Kier alpha value is -1.59. The highest BCUT2D eigenvalue weighted by molar-refractivity contribution is 5.71. The Morgan fingerprint density at radius 1 is 0.308 bits per heavy atom. The quantitative estimate of drug-likeness (QED) is 0.0344. The van der Waals surface area contributed by atoms with E-state index in [0.717, 1.165) is 63.7 Å². The first-order chi connectivity index (χ1) is 31.9. The summed E-state index contributed by atoms with van der Waals surface area (Å²) in [4.78, 5) is 38.1. The van der Waals surface area contributed by atoms with Gasteiger partial charge in [0, 0.05) is 19.3 Å². The minimum Gasteiger partial charge on any atom is -0.462 e. The van der Waals surface area contributed by atoms with Crippen molar-refractivity contribution in [2.45, 2.75) is 342 Å². The van der Waals surface area contributed by atoms with Crippen LogP contribution >= 0.6 is 0 Å². The highest BCUT2D eigenvalue weighted by atomic mass is 16.6. The zero-order valence-electron chi connectivity index (χ0n) is 44.5. The van der Waals surface area contributed by atoms with Gasteiger partial charge in [0.15, 0.2) is 6.10 Å². The summed E-state index contributed by atoms with van der Waals surface area (Å²) in [6.07, 6.45) is 58.0. The normalized spacial score (nSPS) is 12.4. The lowest BCUT2D eigenvalue weighted by Crippen LogP contribution is -2.30. The van der Waals surface area contributed by atoms with E-state index in [4.69, 9.17) is 14.2 Å². The third kappa shape index (κ3) is 51.6. The number of unbranched alkanes of at least 4 members (excludes halogenated alkanes) is 40. The van der Waals surface area contributed by atoms with E-state index in [1.165, 1.54) is 231 Å². The second-order valence-electron chi connectivity index (χ2n) is 20.5. The van der Waals surface area contributed by atoms with Crippen LogP contribution in [0.2, 0.25) is 0 Å². The average Bonchev–Trinajstić information content (AvgIpc) is 3.30. The third-order valence-corrected chi connectivity index (χ3v) is 13.9. The van der Waals surface area contributed by atoms with Gasteiger partial charge in [-0.25, -0.2) is 0 Å². The molecule has 2 atom stereocenters. The van der Waals surface area contributed by atoms with Crippen molar-refractivity contribution in [3.8, 4) is 0 Å². The van der Waals surface area contributed by atoms with Crippen LogP contribution in [0.1, 0.15) is 336 Å². The topological polar surface area (TPSA) is 78.9 Å². The smallest absolute Gasteiger partial charge is 0.306 e. The highest BCUT2D eigenvalue weighted by Crippen LogP contribution is 2.18. The van der Waals surface area contributed by atoms with Gasteiger partial charge >= 0.3 is 17.9 Å². The summed E-state index contributed by atoms with van der Waals surface area (Å²) in [5.74, 6) is 0.0607. The van der Waals surface area contributed by atoms with Crippen molar-refractivity contribution in [2.24, 2.45) is 5.92 Å². The minimum atomic E-state index is -0.762. The SMILES string of the molecule is CCCCCCCCCCCCCCCCCCC(=O)OC[C@H](COC(=O)CCCCCCCCCCCCCCC)OC(=O)CCCCCCCCCCCCCCCCC(C)CC. The van der Waals surface area contributed by atoms with Gasteiger partial charge in [0.05, 0.1) is 0 Å². The summed E-state index contributed by atoms with van der Waals surface area (Å²) >= 11 is 0. The lowest BCUT2D eigenvalue weighted by molar-refractivity contribution is -0.167. The molecule has 0 saturated carbocycles. The predicted molar refractivity (Wildman–Crippen MR) is 280 cm³/mol. The summed E-state index contributed by atoms with van der Waals surface area (Å²) in [5, 5.41) is 0. The molecule has 0 saturated heterocycles. The molecule has 0 aromatic heterocycles. The van der Waals surface area contributed by atoms with Gasteiger partial charge in [0.1, 0.15) is 13.2 Å². The molecule has 0 rings (SSSR count). The van der Waals surface area contributed by atoms with Crippen molar-refractivity contribution >= 4 is 17.9 Å². The lowest BCUT2D eigenvalue weighted by atomic mass is 9.99. The van der Waals surface area contributed by atoms with E-state index in [-0.39, 0.29) is 31.1 Å². The van der Waals surface area contributed by atoms with Crippen LogP contribution in [0.5, 0.6) is 0 Å². The molecule has 1 unspecified atom stereocenters. The Bertz CT molecular complexity index is 982. The van der Waals surface area contributed by atoms with Gasteiger partial charge in [-0.15, -0.1) is 0 Å². The van der Waals surface area contributed by atoms with Crippen molar-refractivity contribution < 1.29 is 28.6 Å². The number of hydrogen-bond acceptors (Lipinski definition) is 6. The van der Waals surface area contributed by atoms with Crippen molar-refractivity contribution in [1.82, 2.24) is 0 Å². The monoisotopic (exact) mass is 919 g/mol. The number of hydrogen-bond donors (Lipinski definition) is 0. The molecule has 0 aliphatic rings. The Balaban J connectivity index is 4.29. The fraction of sp³-hybridized carbons (Fsp3) is 0.949. The molecule has 6 heteroatoms. The third-order valence-electron chi connectivity index (χ3n) is 13.9. The molecule has 386 valence electrons. The van der Waals surface area contributed by atoms with Gasteiger partial charge in [-0.1, -0.05) is 297 Å². The van der Waals surface area contributed by atoms with E-state index in [1.807, 2.05) is 0 Å². The Kier molecular flexibility index (Phi) is 52.1. The molecule has 65 heavy (non-hydrogen) atoms. The van der Waals surface area contributed by atoms with Crippen LogP contribution in [0.25, 0.3) is 0 Å². The van der Waals surface area contributed by atoms with E-state index < -0.39 is 6.10 Å². The maximum Gasteiger partial charge on any atom is 0.306 e. The van der Waals surface area contributed by atoms with Gasteiger partial charge < -0.3 is 14.2 Å². The van der Waals surface area contributed by atoms with Crippen LogP contribution in [-0.4, -0.2) is 37.2 Å². The molecule has 0 heterocycles. The van der Waals surface area contributed by atoms with Gasteiger partial charge in [0.2, 0.25) is 0 Å². The molecule has 0 N–H and O–H groups in total. The highest BCUT2D eigenvalue weighted by Gasteiger charge is 2.19. The largest absolute Gasteiger partial charge is 0.462 e. The van der Waals surface area contributed by atoms with Crippen LogP contribution in [0.15, 0.2) is 0 Å². The molecule has 0 aliphatic carbocycles. The first-order valence-electron chi connectivity index (χ1n) is 29.4. The minimum absolute atomic E-state index is 0.0617. The summed E-state index contributed by atoms with van der Waals surface area (Å²) in [6.45, 7) is 9.10. The van der Waals surface area contributed by atoms with Crippen LogP contribution in [-0.2, 0) is 28.6 Å². The Morgan fingerprint density at radius 3 is 0.800 bits per heavy atom. The molecular weight excluding hydrogens is 805 g/mol. The maximum absolute atomic E-state index is 12.9. The molecule has 0 aromatic carbocycles. The fourth-order valence-electron chi connectivity index (χ4n) is 9.07. The molecular formula is C59H114O6. The van der Waals surface area contributed by atoms with E-state index >= 15 is 0 Å². The van der Waals surface area contributed by atoms with Crippen LogP contribution in [0.3, 0.4) is 0 Å².